The summed E-state index contributed by atoms with van der Waals surface area (Å²) < 4.78 is 23.4. The van der Waals surface area contributed by atoms with Gasteiger partial charge in [0.05, 0.1) is 11.5 Å². The highest BCUT2D eigenvalue weighted by Gasteiger charge is 2.33. The number of carbonyl (C=O) groups excluding carboxylic acids is 1. The lowest BCUT2D eigenvalue weighted by Crippen LogP contribution is -2.38. The van der Waals surface area contributed by atoms with Gasteiger partial charge in [0.1, 0.15) is 17.3 Å². The molecule has 8 heteroatoms. The molecule has 1 aromatic heterocycles. The minimum atomic E-state index is -3.06. The zero-order valence-corrected chi connectivity index (χ0v) is 15.9. The third-order valence-electron chi connectivity index (χ3n) is 4.61. The van der Waals surface area contributed by atoms with E-state index in [4.69, 9.17) is 0 Å². The third-order valence-corrected chi connectivity index (χ3v) is 6.36. The normalized spacial score (nSPS) is 18.5. The highest BCUT2D eigenvalue weighted by Crippen LogP contribution is 2.23. The van der Waals surface area contributed by atoms with E-state index in [-0.39, 0.29) is 29.1 Å². The van der Waals surface area contributed by atoms with Gasteiger partial charge in [0.2, 0.25) is 0 Å². The predicted octanol–water partition coefficient (Wildman–Crippen LogP) is 1.81. The van der Waals surface area contributed by atoms with Crippen molar-refractivity contribution < 1.29 is 13.2 Å². The van der Waals surface area contributed by atoms with Crippen molar-refractivity contribution in [3.05, 3.63) is 47.9 Å². The van der Waals surface area contributed by atoms with E-state index in [1.54, 1.807) is 20.0 Å². The molecule has 0 aliphatic carbocycles. The molecule has 1 fully saturated rings. The van der Waals surface area contributed by atoms with Gasteiger partial charge in [0.15, 0.2) is 9.84 Å². The fourth-order valence-corrected chi connectivity index (χ4v) is 4.82. The zero-order chi connectivity index (χ0) is 18.9. The first-order valence-corrected chi connectivity index (χ1v) is 10.2. The van der Waals surface area contributed by atoms with Crippen molar-refractivity contribution in [2.24, 2.45) is 0 Å². The summed E-state index contributed by atoms with van der Waals surface area (Å²) in [7, 11) is 0.448. The van der Waals surface area contributed by atoms with E-state index in [0.29, 0.717) is 18.1 Å². The van der Waals surface area contributed by atoms with Crippen LogP contribution in [0.5, 0.6) is 0 Å². The summed E-state index contributed by atoms with van der Waals surface area (Å²) in [6.07, 6.45) is 0.464. The predicted molar refractivity (Wildman–Crippen MR) is 100 cm³/mol. The molecule has 0 radical (unpaired) electrons. The monoisotopic (exact) mass is 374 g/mol. The average Bonchev–Trinajstić information content (AvgIpc) is 3.00. The molecule has 1 amide bonds. The fraction of sp³-hybridized carbons (Fsp3) is 0.389. The van der Waals surface area contributed by atoms with Crippen molar-refractivity contribution in [2.75, 3.05) is 30.5 Å². The van der Waals surface area contributed by atoms with Gasteiger partial charge in [-0.15, -0.1) is 0 Å². The number of hydrogen-bond donors (Lipinski definition) is 0. The SMILES string of the molecule is Cc1nc(C(=O)N(C)C2CCS(=O)(=O)C2)cc(N(C)c2ccccc2)n1. The van der Waals surface area contributed by atoms with Gasteiger partial charge in [-0.3, -0.25) is 4.79 Å². The van der Waals surface area contributed by atoms with Crippen LogP contribution in [-0.4, -0.2) is 60.8 Å². The number of rotatable bonds is 4. The van der Waals surface area contributed by atoms with Gasteiger partial charge in [0.25, 0.3) is 5.91 Å². The molecule has 1 unspecified atom stereocenters. The second kappa shape index (κ2) is 7.03. The Kier molecular flexibility index (Phi) is 4.95. The number of anilines is 2. The molecule has 0 saturated carbocycles. The molecule has 0 bridgehead atoms. The minimum Gasteiger partial charge on any atom is -0.336 e. The Morgan fingerprint density at radius 2 is 1.85 bits per heavy atom. The summed E-state index contributed by atoms with van der Waals surface area (Å²) in [6, 6.07) is 11.0. The zero-order valence-electron chi connectivity index (χ0n) is 15.1. The number of benzene rings is 1. The van der Waals surface area contributed by atoms with E-state index in [0.717, 1.165) is 5.69 Å². The van der Waals surface area contributed by atoms with Crippen LogP contribution in [0.3, 0.4) is 0 Å². The summed E-state index contributed by atoms with van der Waals surface area (Å²) >= 11 is 0. The van der Waals surface area contributed by atoms with Crippen LogP contribution in [0.25, 0.3) is 0 Å². The third kappa shape index (κ3) is 3.85. The van der Waals surface area contributed by atoms with Crippen LogP contribution in [0.4, 0.5) is 11.5 Å². The summed E-state index contributed by atoms with van der Waals surface area (Å²) in [5.74, 6) is 0.941. The summed E-state index contributed by atoms with van der Waals surface area (Å²) in [4.78, 5) is 24.9. The van der Waals surface area contributed by atoms with Crippen LogP contribution >= 0.6 is 0 Å². The topological polar surface area (TPSA) is 83.5 Å². The molecular formula is C18H22N4O3S. The first kappa shape index (κ1) is 18.3. The Hall–Kier alpha value is -2.48. The lowest BCUT2D eigenvalue weighted by Gasteiger charge is -2.24. The van der Waals surface area contributed by atoms with E-state index in [2.05, 4.69) is 9.97 Å². The molecule has 1 atom stereocenters. The molecule has 0 spiro atoms. The number of sulfone groups is 1. The van der Waals surface area contributed by atoms with Crippen molar-refractivity contribution in [1.29, 1.82) is 0 Å². The fourth-order valence-electron chi connectivity index (χ4n) is 3.04. The van der Waals surface area contributed by atoms with Crippen LogP contribution in [0, 0.1) is 6.92 Å². The first-order chi connectivity index (χ1) is 12.3. The standard InChI is InChI=1S/C18H22N4O3S/c1-13-19-16(18(23)22(3)15-9-10-26(24,25)12-15)11-17(20-13)21(2)14-7-5-4-6-8-14/h4-8,11,15H,9-10,12H2,1-3H3. The molecule has 1 saturated heterocycles. The molecule has 1 aromatic carbocycles. The number of carbonyl (C=O) groups is 1. The summed E-state index contributed by atoms with van der Waals surface area (Å²) in [6.45, 7) is 1.74. The Morgan fingerprint density at radius 3 is 2.46 bits per heavy atom. The summed E-state index contributed by atoms with van der Waals surface area (Å²) in [5, 5.41) is 0. The van der Waals surface area contributed by atoms with Gasteiger partial charge in [0, 0.05) is 31.9 Å². The first-order valence-electron chi connectivity index (χ1n) is 8.39. The molecule has 2 aromatic rings. The molecule has 1 aliphatic rings. The van der Waals surface area contributed by atoms with Gasteiger partial charge < -0.3 is 9.80 Å². The Labute approximate surface area is 153 Å². The Morgan fingerprint density at radius 1 is 1.15 bits per heavy atom. The van der Waals surface area contributed by atoms with E-state index < -0.39 is 9.84 Å². The Bertz CT molecular complexity index is 915. The van der Waals surface area contributed by atoms with E-state index in [1.165, 1.54) is 4.90 Å². The molecule has 3 rings (SSSR count). The average molecular weight is 374 g/mol. The van der Waals surface area contributed by atoms with Gasteiger partial charge in [-0.25, -0.2) is 18.4 Å². The Balaban J connectivity index is 1.86. The van der Waals surface area contributed by atoms with Crippen LogP contribution in [0.2, 0.25) is 0 Å². The second-order valence-electron chi connectivity index (χ2n) is 6.53. The second-order valence-corrected chi connectivity index (χ2v) is 8.75. The molecule has 1 aliphatic heterocycles. The molecule has 138 valence electrons. The van der Waals surface area contributed by atoms with Gasteiger partial charge >= 0.3 is 0 Å². The quantitative estimate of drug-likeness (QED) is 0.812. The van der Waals surface area contributed by atoms with Gasteiger partial charge in [-0.05, 0) is 25.5 Å². The number of nitrogens with zero attached hydrogens (tertiary/aromatic N) is 4. The van der Waals surface area contributed by atoms with Gasteiger partial charge in [-0.2, -0.15) is 0 Å². The van der Waals surface area contributed by atoms with Crippen LogP contribution in [0.1, 0.15) is 22.7 Å². The molecule has 2 heterocycles. The van der Waals surface area contributed by atoms with Crippen LogP contribution in [0.15, 0.2) is 36.4 Å². The van der Waals surface area contributed by atoms with Crippen molar-refractivity contribution in [3.63, 3.8) is 0 Å². The van der Waals surface area contributed by atoms with Crippen molar-refractivity contribution in [3.8, 4) is 0 Å². The van der Waals surface area contributed by atoms with Crippen molar-refractivity contribution in [2.45, 2.75) is 19.4 Å². The van der Waals surface area contributed by atoms with E-state index >= 15 is 0 Å². The maximum absolute atomic E-state index is 12.8. The van der Waals surface area contributed by atoms with Crippen molar-refractivity contribution >= 4 is 27.2 Å². The highest BCUT2D eigenvalue weighted by molar-refractivity contribution is 7.91. The molecule has 26 heavy (non-hydrogen) atoms. The summed E-state index contributed by atoms with van der Waals surface area (Å²) in [5.41, 5.74) is 1.21. The lowest BCUT2D eigenvalue weighted by atomic mass is 10.2. The lowest BCUT2D eigenvalue weighted by molar-refractivity contribution is 0.0741. The molecule has 7 nitrogen and oxygen atoms in total. The van der Waals surface area contributed by atoms with Crippen LogP contribution < -0.4 is 4.90 Å². The number of hydrogen-bond acceptors (Lipinski definition) is 6. The number of aromatic nitrogens is 2. The largest absolute Gasteiger partial charge is 0.336 e. The maximum Gasteiger partial charge on any atom is 0.272 e. The maximum atomic E-state index is 12.8. The van der Waals surface area contributed by atoms with Gasteiger partial charge in [-0.1, -0.05) is 18.2 Å². The smallest absolute Gasteiger partial charge is 0.272 e. The van der Waals surface area contributed by atoms with Crippen molar-refractivity contribution in [1.82, 2.24) is 14.9 Å². The molecule has 0 N–H and O–H groups in total. The van der Waals surface area contributed by atoms with E-state index in [1.807, 2.05) is 42.3 Å². The van der Waals surface area contributed by atoms with Crippen LogP contribution in [-0.2, 0) is 9.84 Å². The highest BCUT2D eigenvalue weighted by atomic mass is 32.2. The molecular weight excluding hydrogens is 352 g/mol. The number of aryl methyl sites for hydroxylation is 1. The number of amides is 1. The minimum absolute atomic E-state index is 0.0100. The van der Waals surface area contributed by atoms with E-state index in [9.17, 15) is 13.2 Å². The number of para-hydroxylation sites is 1.